The maximum Gasteiger partial charge on any atom is 0.140 e. The fraction of sp³-hybridized carbons (Fsp3) is 0.353. The van der Waals surface area contributed by atoms with Crippen molar-refractivity contribution in [2.45, 2.75) is 19.8 Å². The van der Waals surface area contributed by atoms with Gasteiger partial charge in [-0.05, 0) is 43.3 Å². The van der Waals surface area contributed by atoms with E-state index in [1.807, 2.05) is 31.2 Å². The van der Waals surface area contributed by atoms with Crippen molar-refractivity contribution in [2.24, 2.45) is 5.73 Å². The van der Waals surface area contributed by atoms with Gasteiger partial charge in [-0.25, -0.2) is 0 Å². The standard InChI is InChI=1S/C17H22N2O2/c1-13-3-8-17(16(19-13)9-11-18)21-12-10-14-4-6-15(20-2)7-5-14/h3-8H,9-12,18H2,1-2H3. The molecular weight excluding hydrogens is 264 g/mol. The van der Waals surface area contributed by atoms with E-state index in [9.17, 15) is 0 Å². The highest BCUT2D eigenvalue weighted by Crippen LogP contribution is 2.18. The van der Waals surface area contributed by atoms with Gasteiger partial charge in [-0.2, -0.15) is 0 Å². The fourth-order valence-corrected chi connectivity index (χ4v) is 2.12. The molecule has 0 spiro atoms. The Morgan fingerprint density at radius 3 is 2.48 bits per heavy atom. The van der Waals surface area contributed by atoms with Gasteiger partial charge in [0, 0.05) is 18.5 Å². The molecule has 2 aromatic rings. The third-order valence-corrected chi connectivity index (χ3v) is 3.26. The van der Waals surface area contributed by atoms with Crippen molar-refractivity contribution in [1.82, 2.24) is 4.98 Å². The van der Waals surface area contributed by atoms with Gasteiger partial charge in [-0.1, -0.05) is 12.1 Å². The van der Waals surface area contributed by atoms with Crippen LogP contribution in [0.5, 0.6) is 11.5 Å². The molecular formula is C17H22N2O2. The Kier molecular flexibility index (Phi) is 5.58. The third kappa shape index (κ3) is 4.46. The van der Waals surface area contributed by atoms with E-state index in [2.05, 4.69) is 17.1 Å². The molecule has 0 fully saturated rings. The smallest absolute Gasteiger partial charge is 0.140 e. The Hall–Kier alpha value is -2.07. The Morgan fingerprint density at radius 1 is 1.05 bits per heavy atom. The van der Waals surface area contributed by atoms with Crippen molar-refractivity contribution >= 4 is 0 Å². The molecule has 1 aromatic heterocycles. The van der Waals surface area contributed by atoms with E-state index >= 15 is 0 Å². The number of nitrogens with two attached hydrogens (primary N) is 1. The normalized spacial score (nSPS) is 10.4. The molecule has 0 unspecified atom stereocenters. The molecule has 1 heterocycles. The summed E-state index contributed by atoms with van der Waals surface area (Å²) in [4.78, 5) is 4.49. The maximum absolute atomic E-state index is 5.86. The molecule has 0 radical (unpaired) electrons. The van der Waals surface area contributed by atoms with Gasteiger partial charge in [0.05, 0.1) is 19.4 Å². The minimum atomic E-state index is 0.575. The van der Waals surface area contributed by atoms with Gasteiger partial charge in [0.25, 0.3) is 0 Å². The summed E-state index contributed by atoms with van der Waals surface area (Å²) in [5.74, 6) is 1.70. The first-order valence-electron chi connectivity index (χ1n) is 7.15. The summed E-state index contributed by atoms with van der Waals surface area (Å²) in [6.07, 6.45) is 1.58. The number of aryl methyl sites for hydroxylation is 1. The Balaban J connectivity index is 1.93. The number of methoxy groups -OCH3 is 1. The van der Waals surface area contributed by atoms with Crippen molar-refractivity contribution in [1.29, 1.82) is 0 Å². The molecule has 1 aromatic carbocycles. The molecule has 0 saturated heterocycles. The summed E-state index contributed by atoms with van der Waals surface area (Å²) >= 11 is 0. The van der Waals surface area contributed by atoms with Crippen molar-refractivity contribution in [3.63, 3.8) is 0 Å². The minimum absolute atomic E-state index is 0.575. The highest BCUT2D eigenvalue weighted by molar-refractivity contribution is 5.30. The van der Waals surface area contributed by atoms with E-state index in [4.69, 9.17) is 15.2 Å². The lowest BCUT2D eigenvalue weighted by molar-refractivity contribution is 0.316. The van der Waals surface area contributed by atoms with Crippen LogP contribution in [0.15, 0.2) is 36.4 Å². The van der Waals surface area contributed by atoms with Crippen molar-refractivity contribution in [3.05, 3.63) is 53.3 Å². The number of rotatable bonds is 7. The molecule has 2 N–H and O–H groups in total. The molecule has 2 rings (SSSR count). The van der Waals surface area contributed by atoms with Crippen LogP contribution in [0.3, 0.4) is 0 Å². The van der Waals surface area contributed by atoms with Crippen LogP contribution in [0, 0.1) is 6.92 Å². The van der Waals surface area contributed by atoms with E-state index in [-0.39, 0.29) is 0 Å². The van der Waals surface area contributed by atoms with Gasteiger partial charge in [-0.15, -0.1) is 0 Å². The summed E-state index contributed by atoms with van der Waals surface area (Å²) in [5.41, 5.74) is 8.76. The lowest BCUT2D eigenvalue weighted by Crippen LogP contribution is -2.09. The monoisotopic (exact) mass is 286 g/mol. The average molecular weight is 286 g/mol. The highest BCUT2D eigenvalue weighted by Gasteiger charge is 2.05. The Labute approximate surface area is 125 Å². The number of aromatic nitrogens is 1. The van der Waals surface area contributed by atoms with Crippen LogP contribution in [0.1, 0.15) is 17.0 Å². The average Bonchev–Trinajstić information content (AvgIpc) is 2.50. The van der Waals surface area contributed by atoms with Crippen molar-refractivity contribution in [2.75, 3.05) is 20.3 Å². The van der Waals surface area contributed by atoms with E-state index in [1.165, 1.54) is 5.56 Å². The number of ether oxygens (including phenoxy) is 2. The third-order valence-electron chi connectivity index (χ3n) is 3.26. The molecule has 0 atom stereocenters. The molecule has 0 aliphatic heterocycles. The topological polar surface area (TPSA) is 57.4 Å². The predicted molar refractivity (Wildman–Crippen MR) is 83.9 cm³/mol. The maximum atomic E-state index is 5.86. The number of hydrogen-bond donors (Lipinski definition) is 1. The Bertz CT molecular complexity index is 568. The summed E-state index contributed by atoms with van der Waals surface area (Å²) < 4.78 is 11.0. The number of pyridine rings is 1. The summed E-state index contributed by atoms with van der Waals surface area (Å²) in [6.45, 7) is 3.17. The molecule has 4 heteroatoms. The minimum Gasteiger partial charge on any atom is -0.497 e. The van der Waals surface area contributed by atoms with E-state index in [0.717, 1.165) is 35.7 Å². The number of nitrogens with zero attached hydrogens (tertiary/aromatic N) is 1. The van der Waals surface area contributed by atoms with Gasteiger partial charge < -0.3 is 15.2 Å². The van der Waals surface area contributed by atoms with Crippen LogP contribution in [0.4, 0.5) is 0 Å². The first kappa shape index (κ1) is 15.3. The zero-order chi connectivity index (χ0) is 15.1. The highest BCUT2D eigenvalue weighted by atomic mass is 16.5. The first-order chi connectivity index (χ1) is 10.2. The van der Waals surface area contributed by atoms with Gasteiger partial charge in [-0.3, -0.25) is 4.98 Å². The molecule has 21 heavy (non-hydrogen) atoms. The summed E-state index contributed by atoms with van der Waals surface area (Å²) in [5, 5.41) is 0. The molecule has 0 aliphatic rings. The molecule has 0 aliphatic carbocycles. The summed E-state index contributed by atoms with van der Waals surface area (Å²) in [7, 11) is 1.67. The lowest BCUT2D eigenvalue weighted by Gasteiger charge is -2.11. The molecule has 0 amide bonds. The zero-order valence-electron chi connectivity index (χ0n) is 12.6. The summed E-state index contributed by atoms with van der Waals surface area (Å²) in [6, 6.07) is 12.0. The van der Waals surface area contributed by atoms with Crippen LogP contribution >= 0.6 is 0 Å². The van der Waals surface area contributed by atoms with Crippen LogP contribution < -0.4 is 15.2 Å². The second-order valence-electron chi connectivity index (χ2n) is 4.88. The van der Waals surface area contributed by atoms with Crippen LogP contribution in [-0.2, 0) is 12.8 Å². The zero-order valence-corrected chi connectivity index (χ0v) is 12.6. The second kappa shape index (κ2) is 7.64. The molecule has 112 valence electrons. The largest absolute Gasteiger partial charge is 0.497 e. The lowest BCUT2D eigenvalue weighted by atomic mass is 10.1. The number of hydrogen-bond acceptors (Lipinski definition) is 4. The van der Waals surface area contributed by atoms with E-state index in [1.54, 1.807) is 7.11 Å². The first-order valence-corrected chi connectivity index (χ1v) is 7.15. The van der Waals surface area contributed by atoms with Gasteiger partial charge in [0.1, 0.15) is 11.5 Å². The van der Waals surface area contributed by atoms with Crippen molar-refractivity contribution < 1.29 is 9.47 Å². The van der Waals surface area contributed by atoms with Crippen LogP contribution in [0.25, 0.3) is 0 Å². The van der Waals surface area contributed by atoms with Gasteiger partial charge in [0.15, 0.2) is 0 Å². The van der Waals surface area contributed by atoms with Crippen LogP contribution in [-0.4, -0.2) is 25.2 Å². The quantitative estimate of drug-likeness (QED) is 0.849. The van der Waals surface area contributed by atoms with Crippen molar-refractivity contribution in [3.8, 4) is 11.5 Å². The van der Waals surface area contributed by atoms with Gasteiger partial charge in [0.2, 0.25) is 0 Å². The SMILES string of the molecule is COc1ccc(CCOc2ccc(C)nc2CCN)cc1. The molecule has 4 nitrogen and oxygen atoms in total. The molecule has 0 bridgehead atoms. The predicted octanol–water partition coefficient (Wildman–Crippen LogP) is 2.52. The number of benzene rings is 1. The van der Waals surface area contributed by atoms with E-state index < -0.39 is 0 Å². The Morgan fingerprint density at radius 2 is 1.81 bits per heavy atom. The van der Waals surface area contributed by atoms with Crippen LogP contribution in [0.2, 0.25) is 0 Å². The second-order valence-corrected chi connectivity index (χ2v) is 4.88. The van der Waals surface area contributed by atoms with E-state index in [0.29, 0.717) is 13.2 Å². The molecule has 0 saturated carbocycles. The van der Waals surface area contributed by atoms with Gasteiger partial charge >= 0.3 is 0 Å². The fourth-order valence-electron chi connectivity index (χ4n) is 2.12.